The molecule has 1 aromatic carbocycles. The highest BCUT2D eigenvalue weighted by Gasteiger charge is 2.46. The van der Waals surface area contributed by atoms with Crippen LogP contribution < -0.4 is 15.4 Å². The first-order valence-electron chi connectivity index (χ1n) is 11.7. The van der Waals surface area contributed by atoms with E-state index < -0.39 is 5.97 Å². The third-order valence-electron chi connectivity index (χ3n) is 6.93. The third-order valence-corrected chi connectivity index (χ3v) is 6.93. The molecule has 0 aromatic heterocycles. The Morgan fingerprint density at radius 2 is 2.03 bits per heavy atom. The van der Waals surface area contributed by atoms with E-state index in [0.717, 1.165) is 44.4 Å². The maximum absolute atomic E-state index is 11.8. The number of hydrogen-bond donors (Lipinski definition) is 3. The van der Waals surface area contributed by atoms with Crippen LogP contribution in [0.4, 0.5) is 0 Å². The van der Waals surface area contributed by atoms with Gasteiger partial charge in [0, 0.05) is 6.42 Å². The molecule has 176 valence electrons. The van der Waals surface area contributed by atoms with Gasteiger partial charge in [0.2, 0.25) is 5.91 Å². The Morgan fingerprint density at radius 3 is 2.81 bits per heavy atom. The molecule has 2 heterocycles. The molecule has 1 spiro atoms. The lowest BCUT2D eigenvalue weighted by Crippen LogP contribution is -2.64. The number of carbonyl (C=O) groups excluding carboxylic acids is 1. The molecule has 8 nitrogen and oxygen atoms in total. The number of amides is 1. The van der Waals surface area contributed by atoms with E-state index in [9.17, 15) is 9.59 Å². The van der Waals surface area contributed by atoms with E-state index in [4.69, 9.17) is 19.3 Å². The normalized spacial score (nSPS) is 30.2. The summed E-state index contributed by atoms with van der Waals surface area (Å²) in [5, 5.41) is 15.4. The average Bonchev–Trinajstić information content (AvgIpc) is 3.16. The molecule has 3 N–H and O–H groups in total. The van der Waals surface area contributed by atoms with E-state index in [-0.39, 0.29) is 36.6 Å². The smallest absolute Gasteiger partial charge is 0.303 e. The monoisotopic (exact) mass is 446 g/mol. The Hall–Kier alpha value is -2.16. The number of para-hydroxylation sites is 1. The van der Waals surface area contributed by atoms with E-state index in [0.29, 0.717) is 32.2 Å². The number of benzene rings is 1. The molecular weight excluding hydrogens is 412 g/mol. The Kier molecular flexibility index (Phi) is 7.65. The van der Waals surface area contributed by atoms with Crippen molar-refractivity contribution < 1.29 is 28.9 Å². The van der Waals surface area contributed by atoms with Gasteiger partial charge in [-0.3, -0.25) is 9.59 Å². The summed E-state index contributed by atoms with van der Waals surface area (Å²) >= 11 is 0. The molecule has 0 bridgehead atoms. The molecule has 4 rings (SSSR count). The van der Waals surface area contributed by atoms with E-state index in [1.807, 2.05) is 18.2 Å². The van der Waals surface area contributed by atoms with Crippen molar-refractivity contribution in [3.63, 3.8) is 0 Å². The molecule has 32 heavy (non-hydrogen) atoms. The number of carboxylic acid groups (broad SMARTS) is 1. The Balaban J connectivity index is 1.25. The Morgan fingerprint density at radius 1 is 1.22 bits per heavy atom. The summed E-state index contributed by atoms with van der Waals surface area (Å²) in [5.74, 6) is 0.450. The number of nitrogens with one attached hydrogen (secondary N) is 2. The van der Waals surface area contributed by atoms with Crippen LogP contribution in [0.3, 0.4) is 0 Å². The largest absolute Gasteiger partial charge is 0.493 e. The average molecular weight is 447 g/mol. The maximum atomic E-state index is 11.8. The quantitative estimate of drug-likeness (QED) is 0.500. The van der Waals surface area contributed by atoms with Crippen LogP contribution in [0.1, 0.15) is 56.4 Å². The molecule has 1 saturated carbocycles. The molecule has 1 aliphatic carbocycles. The fourth-order valence-electron chi connectivity index (χ4n) is 5.18. The van der Waals surface area contributed by atoms with E-state index in [2.05, 4.69) is 16.7 Å². The number of rotatable bonds is 9. The van der Waals surface area contributed by atoms with Gasteiger partial charge in [-0.2, -0.15) is 0 Å². The van der Waals surface area contributed by atoms with Gasteiger partial charge in [-0.25, -0.2) is 0 Å². The summed E-state index contributed by atoms with van der Waals surface area (Å²) in [4.78, 5) is 22.5. The highest BCUT2D eigenvalue weighted by atomic mass is 16.5. The first kappa shape index (κ1) is 23.0. The number of carboxylic acids is 1. The second kappa shape index (κ2) is 10.6. The van der Waals surface area contributed by atoms with Crippen LogP contribution in [-0.4, -0.2) is 67.6 Å². The van der Waals surface area contributed by atoms with Crippen molar-refractivity contribution in [3.05, 3.63) is 29.8 Å². The molecule has 3 aliphatic rings. The highest BCUT2D eigenvalue weighted by Crippen LogP contribution is 2.38. The first-order valence-corrected chi connectivity index (χ1v) is 11.7. The number of ether oxygens (including phenoxy) is 3. The SMILES string of the molecule is O=C(O)CCCOc1ccccc1C1CCC(OCC2NCCC23COCC(=O)N3)CC1. The van der Waals surface area contributed by atoms with Crippen molar-refractivity contribution in [2.24, 2.45) is 0 Å². The van der Waals surface area contributed by atoms with Crippen LogP contribution in [0, 0.1) is 0 Å². The van der Waals surface area contributed by atoms with Gasteiger partial charge >= 0.3 is 5.97 Å². The number of morpholine rings is 1. The summed E-state index contributed by atoms with van der Waals surface area (Å²) in [7, 11) is 0. The lowest BCUT2D eigenvalue weighted by atomic mass is 9.82. The van der Waals surface area contributed by atoms with Crippen molar-refractivity contribution in [3.8, 4) is 5.75 Å². The van der Waals surface area contributed by atoms with E-state index >= 15 is 0 Å². The summed E-state index contributed by atoms with van der Waals surface area (Å²) in [6.07, 6.45) is 5.75. The topological polar surface area (TPSA) is 106 Å². The predicted molar refractivity (Wildman–Crippen MR) is 118 cm³/mol. The summed E-state index contributed by atoms with van der Waals surface area (Å²) < 4.78 is 17.7. The minimum absolute atomic E-state index is 0.0469. The molecule has 0 radical (unpaired) electrons. The second-order valence-electron chi connectivity index (χ2n) is 9.14. The Bertz CT molecular complexity index is 794. The predicted octanol–water partition coefficient (Wildman–Crippen LogP) is 2.22. The van der Waals surface area contributed by atoms with Gasteiger partial charge in [0.15, 0.2) is 0 Å². The van der Waals surface area contributed by atoms with Crippen LogP contribution in [-0.2, 0) is 19.1 Å². The second-order valence-corrected chi connectivity index (χ2v) is 9.14. The van der Waals surface area contributed by atoms with Gasteiger partial charge in [-0.15, -0.1) is 0 Å². The Labute approximate surface area is 189 Å². The summed E-state index contributed by atoms with van der Waals surface area (Å²) in [6.45, 7) is 2.52. The zero-order valence-electron chi connectivity index (χ0n) is 18.5. The van der Waals surface area contributed by atoms with Crippen LogP contribution in [0.2, 0.25) is 0 Å². The van der Waals surface area contributed by atoms with Crippen LogP contribution in [0.5, 0.6) is 5.75 Å². The zero-order valence-corrected chi connectivity index (χ0v) is 18.5. The molecule has 1 amide bonds. The lowest BCUT2D eigenvalue weighted by molar-refractivity contribution is -0.137. The van der Waals surface area contributed by atoms with Crippen molar-refractivity contribution in [2.75, 3.05) is 33.0 Å². The maximum Gasteiger partial charge on any atom is 0.303 e. The number of carbonyl (C=O) groups is 2. The standard InChI is InChI=1S/C24H34N2O6/c27-22-15-30-16-24(26-22)11-12-25-21(24)14-32-18-9-7-17(8-10-18)19-4-1-2-5-20(19)31-13-3-6-23(28)29/h1-2,4-5,17-18,21,25H,3,6-16H2,(H,26,27)(H,28,29). The van der Waals surface area contributed by atoms with Crippen molar-refractivity contribution in [1.82, 2.24) is 10.6 Å². The van der Waals surface area contributed by atoms with Gasteiger partial charge in [-0.1, -0.05) is 18.2 Å². The van der Waals surface area contributed by atoms with Gasteiger partial charge in [0.1, 0.15) is 12.4 Å². The molecule has 3 fully saturated rings. The molecular formula is C24H34N2O6. The van der Waals surface area contributed by atoms with Crippen LogP contribution in [0.25, 0.3) is 0 Å². The minimum Gasteiger partial charge on any atom is -0.493 e. The van der Waals surface area contributed by atoms with E-state index in [1.165, 1.54) is 5.56 Å². The minimum atomic E-state index is -0.794. The summed E-state index contributed by atoms with van der Waals surface area (Å²) in [5.41, 5.74) is 0.864. The number of hydrogen-bond acceptors (Lipinski definition) is 6. The fourth-order valence-corrected chi connectivity index (χ4v) is 5.18. The fraction of sp³-hybridized carbons (Fsp3) is 0.667. The molecule has 2 aliphatic heterocycles. The molecule has 2 saturated heterocycles. The van der Waals surface area contributed by atoms with Crippen molar-refractivity contribution in [1.29, 1.82) is 0 Å². The van der Waals surface area contributed by atoms with Crippen LogP contribution in [0.15, 0.2) is 24.3 Å². The molecule has 2 atom stereocenters. The highest BCUT2D eigenvalue weighted by molar-refractivity contribution is 5.79. The van der Waals surface area contributed by atoms with Crippen molar-refractivity contribution >= 4 is 11.9 Å². The molecule has 2 unspecified atom stereocenters. The van der Waals surface area contributed by atoms with Gasteiger partial charge < -0.3 is 30.0 Å². The zero-order chi connectivity index (χ0) is 22.4. The molecule has 1 aromatic rings. The van der Waals surface area contributed by atoms with Crippen molar-refractivity contribution in [2.45, 2.75) is 68.5 Å². The van der Waals surface area contributed by atoms with Crippen LogP contribution >= 0.6 is 0 Å². The number of aliphatic carboxylic acids is 1. The van der Waals surface area contributed by atoms with Gasteiger partial charge in [-0.05, 0) is 62.6 Å². The lowest BCUT2D eigenvalue weighted by Gasteiger charge is -2.39. The van der Waals surface area contributed by atoms with E-state index in [1.54, 1.807) is 0 Å². The first-order chi connectivity index (χ1) is 15.6. The van der Waals surface area contributed by atoms with Gasteiger partial charge in [0.05, 0.1) is 37.5 Å². The summed E-state index contributed by atoms with van der Waals surface area (Å²) in [6, 6.07) is 8.17. The van der Waals surface area contributed by atoms with Gasteiger partial charge in [0.25, 0.3) is 0 Å². The molecule has 8 heteroatoms. The third kappa shape index (κ3) is 5.60.